The molecule has 7 nitrogen and oxygen atoms in total. The maximum atomic E-state index is 13.7. The van der Waals surface area contributed by atoms with Gasteiger partial charge in [-0.05, 0) is 25.0 Å². The Labute approximate surface area is 208 Å². The van der Waals surface area contributed by atoms with Crippen molar-refractivity contribution in [3.05, 3.63) is 82.7 Å². The zero-order valence-corrected chi connectivity index (χ0v) is 20.4. The summed E-state index contributed by atoms with van der Waals surface area (Å²) in [5, 5.41) is 34.6. The molecule has 0 radical (unpaired) electrons. The van der Waals surface area contributed by atoms with Gasteiger partial charge in [0.2, 0.25) is 5.91 Å². The van der Waals surface area contributed by atoms with Gasteiger partial charge in [-0.25, -0.2) is 0 Å². The SMILES string of the molecule is CN(C)C(=O)[C@@H]1[C@@H](c2ccccc2)[C@]2(C3C=CC(C#N)=CC3)Oc3cc(Cl)cnc3[C@]2(O)[C@@]1(C)O. The van der Waals surface area contributed by atoms with Gasteiger partial charge in [0.15, 0.2) is 11.2 Å². The van der Waals surface area contributed by atoms with Crippen molar-refractivity contribution in [2.75, 3.05) is 14.1 Å². The van der Waals surface area contributed by atoms with Crippen LogP contribution < -0.4 is 4.74 Å². The van der Waals surface area contributed by atoms with Gasteiger partial charge in [0.05, 0.1) is 17.0 Å². The number of benzene rings is 1. The first kappa shape index (κ1) is 23.6. The second-order valence-corrected chi connectivity index (χ2v) is 10.3. The molecule has 1 fully saturated rings. The number of ether oxygens (including phenoxy) is 1. The van der Waals surface area contributed by atoms with Crippen molar-refractivity contribution in [2.45, 2.75) is 36.1 Å². The molecule has 0 bridgehead atoms. The number of amides is 1. The van der Waals surface area contributed by atoms with Gasteiger partial charge in [-0.3, -0.25) is 9.78 Å². The molecule has 5 rings (SSSR count). The quantitative estimate of drug-likeness (QED) is 0.682. The van der Waals surface area contributed by atoms with E-state index < -0.39 is 34.6 Å². The molecule has 2 heterocycles. The van der Waals surface area contributed by atoms with E-state index in [1.165, 1.54) is 18.0 Å². The molecule has 35 heavy (non-hydrogen) atoms. The molecule has 3 aliphatic rings. The third kappa shape index (κ3) is 2.97. The number of nitrogens with zero attached hydrogens (tertiary/aromatic N) is 3. The third-order valence-corrected chi connectivity index (χ3v) is 7.99. The van der Waals surface area contributed by atoms with E-state index in [-0.39, 0.29) is 17.4 Å². The Morgan fingerprint density at radius 2 is 2.00 bits per heavy atom. The van der Waals surface area contributed by atoms with Gasteiger partial charge >= 0.3 is 0 Å². The van der Waals surface area contributed by atoms with E-state index >= 15 is 0 Å². The number of aliphatic hydroxyl groups is 2. The summed E-state index contributed by atoms with van der Waals surface area (Å²) in [5.41, 5.74) is -4.16. The minimum Gasteiger partial charge on any atom is -0.480 e. The predicted molar refractivity (Wildman–Crippen MR) is 129 cm³/mol. The molecule has 1 amide bonds. The molecular formula is C27H26ClN3O4. The zero-order chi connectivity index (χ0) is 25.2. The van der Waals surface area contributed by atoms with Crippen molar-refractivity contribution in [1.29, 1.82) is 5.26 Å². The fourth-order valence-electron chi connectivity index (χ4n) is 6.29. The van der Waals surface area contributed by atoms with Gasteiger partial charge in [0.1, 0.15) is 17.0 Å². The standard InChI is InChI=1S/C27H26ClN3O4/c1-25(33)22(24(32)31(2)3)21(17-7-5-4-6-8-17)26(18-11-9-16(14-29)10-12-18)27(25,34)23-20(35-26)13-19(28)15-30-23/h4-11,13,15,18,21-22,33-34H,12H2,1-3H3/t18?,21-,22+,25+,26+,27+/m1/s1. The third-order valence-electron chi connectivity index (χ3n) is 7.79. The Morgan fingerprint density at radius 3 is 2.60 bits per heavy atom. The molecule has 8 heteroatoms. The number of aromatic nitrogens is 1. The Balaban J connectivity index is 1.85. The van der Waals surface area contributed by atoms with Crippen LogP contribution in [0.4, 0.5) is 0 Å². The lowest BCUT2D eigenvalue weighted by Gasteiger charge is -2.46. The molecule has 180 valence electrons. The Kier molecular flexibility index (Phi) is 5.33. The van der Waals surface area contributed by atoms with Crippen molar-refractivity contribution in [2.24, 2.45) is 11.8 Å². The second-order valence-electron chi connectivity index (χ2n) is 9.82. The van der Waals surface area contributed by atoms with Gasteiger partial charge in [-0.15, -0.1) is 0 Å². The van der Waals surface area contributed by atoms with Crippen LogP contribution in [0.25, 0.3) is 0 Å². The van der Waals surface area contributed by atoms with E-state index in [1.54, 1.807) is 32.3 Å². The number of pyridine rings is 1. The number of halogens is 1. The van der Waals surface area contributed by atoms with Gasteiger partial charge in [0, 0.05) is 43.8 Å². The van der Waals surface area contributed by atoms with Gasteiger partial charge in [-0.2, -0.15) is 5.26 Å². The van der Waals surface area contributed by atoms with Crippen LogP contribution in [0, 0.1) is 23.2 Å². The largest absolute Gasteiger partial charge is 0.480 e. The van der Waals surface area contributed by atoms with E-state index in [9.17, 15) is 20.3 Å². The normalized spacial score (nSPS) is 34.9. The van der Waals surface area contributed by atoms with Crippen molar-refractivity contribution < 1.29 is 19.7 Å². The first-order valence-corrected chi connectivity index (χ1v) is 11.8. The number of carbonyl (C=O) groups is 1. The minimum absolute atomic E-state index is 0.144. The molecule has 1 aromatic heterocycles. The summed E-state index contributed by atoms with van der Waals surface area (Å²) in [6.45, 7) is 1.48. The lowest BCUT2D eigenvalue weighted by Crippen LogP contribution is -2.62. The molecule has 0 saturated heterocycles. The number of hydrogen-bond acceptors (Lipinski definition) is 6. The van der Waals surface area contributed by atoms with Gasteiger partial charge in [-0.1, -0.05) is 54.1 Å². The van der Waals surface area contributed by atoms with Crippen molar-refractivity contribution in [3.8, 4) is 11.8 Å². The molecule has 2 N–H and O–H groups in total. The summed E-state index contributed by atoms with van der Waals surface area (Å²) < 4.78 is 6.68. The number of rotatable bonds is 3. The van der Waals surface area contributed by atoms with Crippen LogP contribution in [-0.4, -0.2) is 51.3 Å². The van der Waals surface area contributed by atoms with Crippen molar-refractivity contribution in [1.82, 2.24) is 9.88 Å². The highest BCUT2D eigenvalue weighted by atomic mass is 35.5. The maximum Gasteiger partial charge on any atom is 0.228 e. The number of hydrogen-bond donors (Lipinski definition) is 2. The maximum absolute atomic E-state index is 13.7. The first-order valence-electron chi connectivity index (χ1n) is 11.4. The fraction of sp³-hybridized carbons (Fsp3) is 0.370. The Hall–Kier alpha value is -3.18. The Morgan fingerprint density at radius 1 is 1.29 bits per heavy atom. The Bertz CT molecular complexity index is 1300. The van der Waals surface area contributed by atoms with Crippen LogP contribution in [-0.2, 0) is 10.4 Å². The molecule has 2 aromatic rings. The van der Waals surface area contributed by atoms with Crippen molar-refractivity contribution >= 4 is 17.5 Å². The van der Waals surface area contributed by atoms with Crippen molar-refractivity contribution in [3.63, 3.8) is 0 Å². The minimum atomic E-state index is -2.07. The smallest absolute Gasteiger partial charge is 0.228 e. The monoisotopic (exact) mass is 491 g/mol. The summed E-state index contributed by atoms with van der Waals surface area (Å²) in [6.07, 6.45) is 7.06. The van der Waals surface area contributed by atoms with E-state index in [4.69, 9.17) is 16.3 Å². The molecule has 1 aliphatic heterocycles. The summed E-state index contributed by atoms with van der Waals surface area (Å²) in [7, 11) is 3.25. The summed E-state index contributed by atoms with van der Waals surface area (Å²) in [4.78, 5) is 19.5. The summed E-state index contributed by atoms with van der Waals surface area (Å²) in [6, 6.07) is 13.0. The van der Waals surface area contributed by atoms with E-state index in [0.29, 0.717) is 17.0 Å². The van der Waals surface area contributed by atoms with Gasteiger partial charge in [0.25, 0.3) is 0 Å². The van der Waals surface area contributed by atoms with Gasteiger partial charge < -0.3 is 19.8 Å². The number of nitriles is 1. The lowest BCUT2D eigenvalue weighted by atomic mass is 9.65. The fourth-order valence-corrected chi connectivity index (χ4v) is 6.44. The first-order chi connectivity index (χ1) is 16.6. The topological polar surface area (TPSA) is 107 Å². The number of allylic oxidation sites excluding steroid dienone is 3. The second kappa shape index (κ2) is 7.92. The molecule has 6 atom stereocenters. The zero-order valence-electron chi connectivity index (χ0n) is 19.6. The number of fused-ring (bicyclic) bond motifs is 3. The highest BCUT2D eigenvalue weighted by molar-refractivity contribution is 6.30. The average molecular weight is 492 g/mol. The van der Waals surface area contributed by atoms with E-state index in [0.717, 1.165) is 5.56 Å². The van der Waals surface area contributed by atoms with Crippen LogP contribution in [0.3, 0.4) is 0 Å². The summed E-state index contributed by atoms with van der Waals surface area (Å²) in [5.74, 6) is -2.36. The average Bonchev–Trinajstić information content (AvgIpc) is 3.19. The molecule has 0 spiro atoms. The van der Waals surface area contributed by atoms with Crippen LogP contribution in [0.2, 0.25) is 5.02 Å². The highest BCUT2D eigenvalue weighted by Crippen LogP contribution is 2.70. The molecule has 1 aromatic carbocycles. The molecule has 1 unspecified atom stereocenters. The van der Waals surface area contributed by atoms with Crippen LogP contribution >= 0.6 is 11.6 Å². The summed E-state index contributed by atoms with van der Waals surface area (Å²) >= 11 is 6.23. The van der Waals surface area contributed by atoms with Crippen LogP contribution in [0.15, 0.2) is 66.4 Å². The molecule has 1 saturated carbocycles. The highest BCUT2D eigenvalue weighted by Gasteiger charge is 2.83. The van der Waals surface area contributed by atoms with Crippen LogP contribution in [0.5, 0.6) is 5.75 Å². The molecule has 2 aliphatic carbocycles. The molecular weight excluding hydrogens is 466 g/mol. The van der Waals surface area contributed by atoms with E-state index in [2.05, 4.69) is 11.1 Å². The van der Waals surface area contributed by atoms with E-state index in [1.807, 2.05) is 36.4 Å². The number of carbonyl (C=O) groups excluding carboxylic acids is 1. The lowest BCUT2D eigenvalue weighted by molar-refractivity contribution is -0.205. The predicted octanol–water partition coefficient (Wildman–Crippen LogP) is 3.33. The van der Waals surface area contributed by atoms with Crippen LogP contribution in [0.1, 0.15) is 30.5 Å².